The third kappa shape index (κ3) is 2.41. The average molecular weight is 218 g/mol. The minimum atomic E-state index is 0.410. The van der Waals surface area contributed by atoms with Gasteiger partial charge < -0.3 is 14.9 Å². The molecular weight excluding hydrogens is 204 g/mol. The normalized spacial score (nSPS) is 10.4. The summed E-state index contributed by atoms with van der Waals surface area (Å²) in [5, 5.41) is 0. The van der Waals surface area contributed by atoms with E-state index in [1.807, 2.05) is 25.1 Å². The number of nitrogens with zero attached hydrogens (tertiary/aromatic N) is 1. The van der Waals surface area contributed by atoms with Gasteiger partial charge >= 0.3 is 0 Å². The first-order valence-electron chi connectivity index (χ1n) is 5.10. The summed E-state index contributed by atoms with van der Waals surface area (Å²) in [6.45, 7) is 2.79. The molecule has 2 N–H and O–H groups in total. The predicted molar refractivity (Wildman–Crippen MR) is 59.9 cm³/mol. The van der Waals surface area contributed by atoms with Gasteiger partial charge in [-0.3, -0.25) is 4.98 Å². The molecule has 0 atom stereocenters. The highest BCUT2D eigenvalue weighted by Crippen LogP contribution is 2.17. The van der Waals surface area contributed by atoms with E-state index in [2.05, 4.69) is 4.98 Å². The van der Waals surface area contributed by atoms with E-state index in [9.17, 15) is 0 Å². The zero-order valence-electron chi connectivity index (χ0n) is 9.14. The second-order valence-corrected chi connectivity index (χ2v) is 3.48. The van der Waals surface area contributed by atoms with Gasteiger partial charge in [-0.05, 0) is 25.1 Å². The molecule has 0 amide bonds. The van der Waals surface area contributed by atoms with Gasteiger partial charge in [0.2, 0.25) is 0 Å². The van der Waals surface area contributed by atoms with Crippen LogP contribution in [0.2, 0.25) is 0 Å². The Hall–Kier alpha value is -1.81. The maximum atomic E-state index is 5.57. The van der Waals surface area contributed by atoms with E-state index in [0.29, 0.717) is 13.2 Å². The molecule has 4 nitrogen and oxygen atoms in total. The van der Waals surface area contributed by atoms with Crippen LogP contribution in [-0.4, -0.2) is 4.98 Å². The standard InChI is InChI=1S/C12H14N2O2/c1-9-10(5-12(6-13)16-9)8-15-11-3-2-4-14-7-11/h2-5,7H,6,8,13H2,1H3. The Labute approximate surface area is 94.1 Å². The fraction of sp³-hybridized carbons (Fsp3) is 0.250. The molecule has 0 saturated heterocycles. The van der Waals surface area contributed by atoms with Crippen molar-refractivity contribution in [3.8, 4) is 5.75 Å². The first-order chi connectivity index (χ1) is 7.79. The van der Waals surface area contributed by atoms with Crippen molar-refractivity contribution in [2.45, 2.75) is 20.1 Å². The summed E-state index contributed by atoms with van der Waals surface area (Å²) in [7, 11) is 0. The minimum absolute atomic E-state index is 0.410. The first kappa shape index (κ1) is 10.7. The summed E-state index contributed by atoms with van der Waals surface area (Å²) in [6, 6.07) is 5.63. The van der Waals surface area contributed by atoms with E-state index in [1.54, 1.807) is 12.4 Å². The van der Waals surface area contributed by atoms with Gasteiger partial charge in [0.05, 0.1) is 12.7 Å². The van der Waals surface area contributed by atoms with E-state index < -0.39 is 0 Å². The van der Waals surface area contributed by atoms with Crippen LogP contribution in [0.25, 0.3) is 0 Å². The van der Waals surface area contributed by atoms with Crippen molar-refractivity contribution < 1.29 is 9.15 Å². The molecule has 0 unspecified atom stereocenters. The molecule has 2 aromatic heterocycles. The monoisotopic (exact) mass is 218 g/mol. The van der Waals surface area contributed by atoms with E-state index in [1.165, 1.54) is 0 Å². The second kappa shape index (κ2) is 4.81. The number of furan rings is 1. The Balaban J connectivity index is 2.02. The first-order valence-corrected chi connectivity index (χ1v) is 5.10. The molecule has 2 rings (SSSR count). The molecule has 84 valence electrons. The van der Waals surface area contributed by atoms with Crippen molar-refractivity contribution in [2.75, 3.05) is 0 Å². The van der Waals surface area contributed by atoms with Crippen LogP contribution in [0, 0.1) is 6.92 Å². The lowest BCUT2D eigenvalue weighted by Crippen LogP contribution is -1.96. The van der Waals surface area contributed by atoms with Gasteiger partial charge in [-0.15, -0.1) is 0 Å². The second-order valence-electron chi connectivity index (χ2n) is 3.48. The summed E-state index contributed by atoms with van der Waals surface area (Å²) in [6.07, 6.45) is 3.39. The number of nitrogens with two attached hydrogens (primary N) is 1. The molecule has 0 bridgehead atoms. The van der Waals surface area contributed by atoms with Gasteiger partial charge in [-0.25, -0.2) is 0 Å². The molecule has 0 aliphatic carbocycles. The number of aromatic nitrogens is 1. The van der Waals surface area contributed by atoms with Crippen LogP contribution in [0.5, 0.6) is 5.75 Å². The number of ether oxygens (including phenoxy) is 1. The predicted octanol–water partition coefficient (Wildman–Crippen LogP) is 2.02. The quantitative estimate of drug-likeness (QED) is 0.852. The highest BCUT2D eigenvalue weighted by atomic mass is 16.5. The molecule has 0 radical (unpaired) electrons. The molecule has 0 aliphatic rings. The smallest absolute Gasteiger partial charge is 0.138 e. The summed E-state index contributed by atoms with van der Waals surface area (Å²) < 4.78 is 11.0. The third-order valence-corrected chi connectivity index (χ3v) is 2.30. The van der Waals surface area contributed by atoms with E-state index in [-0.39, 0.29) is 0 Å². The fourth-order valence-electron chi connectivity index (χ4n) is 1.43. The fourth-order valence-corrected chi connectivity index (χ4v) is 1.43. The molecular formula is C12H14N2O2. The SMILES string of the molecule is Cc1oc(CN)cc1COc1cccnc1. The van der Waals surface area contributed by atoms with Crippen LogP contribution in [0.1, 0.15) is 17.1 Å². The highest BCUT2D eigenvalue weighted by Gasteiger charge is 2.06. The highest BCUT2D eigenvalue weighted by molar-refractivity contribution is 5.22. The van der Waals surface area contributed by atoms with Gasteiger partial charge in [0.1, 0.15) is 23.9 Å². The molecule has 4 heteroatoms. The van der Waals surface area contributed by atoms with Crippen LogP contribution in [-0.2, 0) is 13.2 Å². The maximum absolute atomic E-state index is 5.57. The van der Waals surface area contributed by atoms with E-state index in [0.717, 1.165) is 22.8 Å². The van der Waals surface area contributed by atoms with Crippen molar-refractivity contribution in [1.29, 1.82) is 0 Å². The molecule has 0 aliphatic heterocycles. The van der Waals surface area contributed by atoms with Crippen LogP contribution in [0.3, 0.4) is 0 Å². The number of hydrogen-bond acceptors (Lipinski definition) is 4. The molecule has 0 spiro atoms. The lowest BCUT2D eigenvalue weighted by Gasteiger charge is -2.03. The average Bonchev–Trinajstić information content (AvgIpc) is 2.69. The van der Waals surface area contributed by atoms with Crippen molar-refractivity contribution >= 4 is 0 Å². The van der Waals surface area contributed by atoms with Gasteiger partial charge in [-0.1, -0.05) is 0 Å². The number of aryl methyl sites for hydroxylation is 1. The minimum Gasteiger partial charge on any atom is -0.487 e. The number of rotatable bonds is 4. The molecule has 0 aromatic carbocycles. The van der Waals surface area contributed by atoms with Crippen molar-refractivity contribution in [1.82, 2.24) is 4.98 Å². The summed E-state index contributed by atoms with van der Waals surface area (Å²) in [5.41, 5.74) is 6.51. The molecule has 0 saturated carbocycles. The number of hydrogen-bond donors (Lipinski definition) is 1. The topological polar surface area (TPSA) is 61.3 Å². The third-order valence-electron chi connectivity index (χ3n) is 2.30. The Morgan fingerprint density at radius 2 is 2.38 bits per heavy atom. The van der Waals surface area contributed by atoms with Crippen molar-refractivity contribution in [3.05, 3.63) is 47.7 Å². The molecule has 2 heterocycles. The molecule has 0 fully saturated rings. The molecule has 16 heavy (non-hydrogen) atoms. The Morgan fingerprint density at radius 3 is 3.00 bits per heavy atom. The van der Waals surface area contributed by atoms with Crippen LogP contribution >= 0.6 is 0 Å². The lowest BCUT2D eigenvalue weighted by atomic mass is 10.2. The zero-order valence-corrected chi connectivity index (χ0v) is 9.14. The van der Waals surface area contributed by atoms with Gasteiger partial charge in [0, 0.05) is 11.8 Å². The maximum Gasteiger partial charge on any atom is 0.138 e. The Morgan fingerprint density at radius 1 is 1.50 bits per heavy atom. The van der Waals surface area contributed by atoms with E-state index in [4.69, 9.17) is 14.9 Å². The van der Waals surface area contributed by atoms with Crippen molar-refractivity contribution in [2.24, 2.45) is 5.73 Å². The Kier molecular flexibility index (Phi) is 3.22. The summed E-state index contributed by atoms with van der Waals surface area (Å²) in [5.74, 6) is 2.38. The van der Waals surface area contributed by atoms with Gasteiger partial charge in [0.15, 0.2) is 0 Å². The van der Waals surface area contributed by atoms with Crippen LogP contribution in [0.4, 0.5) is 0 Å². The lowest BCUT2D eigenvalue weighted by molar-refractivity contribution is 0.302. The number of pyridine rings is 1. The zero-order chi connectivity index (χ0) is 11.4. The van der Waals surface area contributed by atoms with Gasteiger partial charge in [-0.2, -0.15) is 0 Å². The summed E-state index contributed by atoms with van der Waals surface area (Å²) >= 11 is 0. The van der Waals surface area contributed by atoms with Gasteiger partial charge in [0.25, 0.3) is 0 Å². The van der Waals surface area contributed by atoms with Crippen LogP contribution in [0.15, 0.2) is 35.0 Å². The Bertz CT molecular complexity index is 451. The largest absolute Gasteiger partial charge is 0.487 e. The van der Waals surface area contributed by atoms with Crippen molar-refractivity contribution in [3.63, 3.8) is 0 Å². The molecule has 2 aromatic rings. The van der Waals surface area contributed by atoms with E-state index >= 15 is 0 Å². The van der Waals surface area contributed by atoms with Crippen LogP contribution < -0.4 is 10.5 Å². The summed E-state index contributed by atoms with van der Waals surface area (Å²) in [4.78, 5) is 3.97.